The molecule has 21 heavy (non-hydrogen) atoms. The van der Waals surface area contributed by atoms with Crippen LogP contribution in [0, 0.1) is 0 Å². The summed E-state index contributed by atoms with van der Waals surface area (Å²) in [6.07, 6.45) is 1.07. The molecule has 1 aliphatic rings. The normalized spacial score (nSPS) is 21.3. The molecule has 0 saturated carbocycles. The second-order valence-electron chi connectivity index (χ2n) is 4.05. The van der Waals surface area contributed by atoms with Crippen LogP contribution >= 0.6 is 0 Å². The molecule has 0 aromatic heterocycles. The van der Waals surface area contributed by atoms with E-state index in [0.29, 0.717) is 13.2 Å². The number of hydrogen-bond acceptors (Lipinski definition) is 7. The highest BCUT2D eigenvalue weighted by Crippen LogP contribution is 2.16. The maximum absolute atomic E-state index is 11.5. The third-order valence-electron chi connectivity index (χ3n) is 2.46. The van der Waals surface area contributed by atoms with Gasteiger partial charge in [0.25, 0.3) is 0 Å². The molecule has 0 aliphatic carbocycles. The van der Waals surface area contributed by atoms with Crippen LogP contribution in [0.1, 0.15) is 0 Å². The van der Waals surface area contributed by atoms with Gasteiger partial charge in [0.15, 0.2) is 12.2 Å². The Hall–Kier alpha value is -1.54. The van der Waals surface area contributed by atoms with Crippen molar-refractivity contribution in [3.8, 4) is 0 Å². The van der Waals surface area contributed by atoms with Gasteiger partial charge in [0.1, 0.15) is 0 Å². The molecule has 1 saturated heterocycles. The summed E-state index contributed by atoms with van der Waals surface area (Å²) in [5.41, 5.74) is 0. The lowest BCUT2D eigenvalue weighted by Crippen LogP contribution is -2.36. The van der Waals surface area contributed by atoms with E-state index in [4.69, 9.17) is 18.9 Å². The third kappa shape index (κ3) is 6.17. The number of esters is 2. The van der Waals surface area contributed by atoms with Crippen molar-refractivity contribution in [2.45, 2.75) is 12.2 Å². The molecule has 0 N–H and O–H groups in total. The fraction of sp³-hybridized carbons (Fsp3) is 0.571. The first-order chi connectivity index (χ1) is 10.2. The molecule has 0 aromatic carbocycles. The molecule has 7 nitrogen and oxygen atoms in total. The quantitative estimate of drug-likeness (QED) is 0.221. The Kier molecular flexibility index (Phi) is 8.53. The molecule has 0 bridgehead atoms. The van der Waals surface area contributed by atoms with E-state index in [1.807, 2.05) is 0 Å². The number of hydrogen-bond donors (Lipinski definition) is 0. The number of carbonyl (C=O) groups excluding carboxylic acids is 2. The standard InChI is InChI=1S/C14H20O7/c1-3-5-17-7-9-19-11-12(14(16)21-13(11)15)20-10-8-18-6-4-2/h3-4,11-12H,1-2,5-10H2. The Morgan fingerprint density at radius 3 is 1.67 bits per heavy atom. The molecule has 2 atom stereocenters. The second kappa shape index (κ2) is 10.2. The summed E-state index contributed by atoms with van der Waals surface area (Å²) in [7, 11) is 0. The molecule has 0 spiro atoms. The van der Waals surface area contributed by atoms with Gasteiger partial charge in [0.05, 0.1) is 39.6 Å². The average Bonchev–Trinajstić information content (AvgIpc) is 2.73. The summed E-state index contributed by atoms with van der Waals surface area (Å²) in [6, 6.07) is 0. The SMILES string of the molecule is C=CCOCCOC1C(=O)OC(=O)C1OCCOCC=C. The van der Waals surface area contributed by atoms with Crippen molar-refractivity contribution in [1.29, 1.82) is 0 Å². The van der Waals surface area contributed by atoms with Crippen LogP contribution in [-0.4, -0.2) is 63.8 Å². The highest BCUT2D eigenvalue weighted by Gasteiger charge is 2.46. The third-order valence-corrected chi connectivity index (χ3v) is 2.46. The number of rotatable bonds is 12. The number of cyclic esters (lactones) is 2. The zero-order chi connectivity index (χ0) is 15.5. The van der Waals surface area contributed by atoms with Crippen molar-refractivity contribution in [1.82, 2.24) is 0 Å². The van der Waals surface area contributed by atoms with Gasteiger partial charge in [-0.05, 0) is 0 Å². The van der Waals surface area contributed by atoms with Gasteiger partial charge in [-0.1, -0.05) is 12.2 Å². The molecule has 118 valence electrons. The molecule has 0 amide bonds. The number of ether oxygens (including phenoxy) is 5. The number of carbonyl (C=O) groups is 2. The van der Waals surface area contributed by atoms with Gasteiger partial charge in [0, 0.05) is 0 Å². The van der Waals surface area contributed by atoms with Crippen molar-refractivity contribution >= 4 is 11.9 Å². The van der Waals surface area contributed by atoms with Crippen LogP contribution in [0.3, 0.4) is 0 Å². The maximum atomic E-state index is 11.5. The molecule has 2 unspecified atom stereocenters. The summed E-state index contributed by atoms with van der Waals surface area (Å²) < 4.78 is 25.3. The summed E-state index contributed by atoms with van der Waals surface area (Å²) in [5, 5.41) is 0. The zero-order valence-corrected chi connectivity index (χ0v) is 11.8. The zero-order valence-electron chi connectivity index (χ0n) is 11.8. The van der Waals surface area contributed by atoms with Crippen LogP contribution in [-0.2, 0) is 33.3 Å². The lowest BCUT2D eigenvalue weighted by atomic mass is 10.2. The molecule has 1 fully saturated rings. The Labute approximate surface area is 123 Å². The van der Waals surface area contributed by atoms with Gasteiger partial charge in [-0.25, -0.2) is 9.59 Å². The topological polar surface area (TPSA) is 80.3 Å². The lowest BCUT2D eigenvalue weighted by Gasteiger charge is -2.15. The molecule has 1 aliphatic heterocycles. The van der Waals surface area contributed by atoms with E-state index in [9.17, 15) is 9.59 Å². The largest absolute Gasteiger partial charge is 0.389 e. The van der Waals surface area contributed by atoms with Crippen LogP contribution < -0.4 is 0 Å². The van der Waals surface area contributed by atoms with Crippen LogP contribution in [0.15, 0.2) is 25.3 Å². The Morgan fingerprint density at radius 1 is 0.857 bits per heavy atom. The second-order valence-corrected chi connectivity index (χ2v) is 4.05. The van der Waals surface area contributed by atoms with Gasteiger partial charge in [-0.3, -0.25) is 0 Å². The van der Waals surface area contributed by atoms with Crippen LogP contribution in [0.25, 0.3) is 0 Å². The van der Waals surface area contributed by atoms with E-state index in [0.717, 1.165) is 0 Å². The van der Waals surface area contributed by atoms with E-state index in [1.165, 1.54) is 0 Å². The van der Waals surface area contributed by atoms with Gasteiger partial charge >= 0.3 is 11.9 Å². The van der Waals surface area contributed by atoms with E-state index in [2.05, 4.69) is 17.9 Å². The minimum atomic E-state index is -1.07. The molecule has 0 aromatic rings. The molecular formula is C14H20O7. The predicted molar refractivity (Wildman–Crippen MR) is 72.6 cm³/mol. The summed E-state index contributed by atoms with van der Waals surface area (Å²) >= 11 is 0. The van der Waals surface area contributed by atoms with E-state index in [1.54, 1.807) is 12.2 Å². The lowest BCUT2D eigenvalue weighted by molar-refractivity contribution is -0.156. The predicted octanol–water partition coefficient (Wildman–Crippen LogP) is 0.245. The minimum absolute atomic E-state index is 0.147. The fourth-order valence-corrected chi connectivity index (χ4v) is 1.57. The molecular weight excluding hydrogens is 280 g/mol. The van der Waals surface area contributed by atoms with E-state index in [-0.39, 0.29) is 26.4 Å². The van der Waals surface area contributed by atoms with Crippen molar-refractivity contribution in [3.63, 3.8) is 0 Å². The van der Waals surface area contributed by atoms with Gasteiger partial charge in [-0.15, -0.1) is 13.2 Å². The summed E-state index contributed by atoms with van der Waals surface area (Å²) in [5.74, 6) is -1.50. The monoisotopic (exact) mass is 300 g/mol. The van der Waals surface area contributed by atoms with Gasteiger partial charge in [0.2, 0.25) is 0 Å². The fourth-order valence-electron chi connectivity index (χ4n) is 1.57. The van der Waals surface area contributed by atoms with Crippen LogP contribution in [0.5, 0.6) is 0 Å². The Bertz CT molecular complexity index is 332. The van der Waals surface area contributed by atoms with Crippen molar-refractivity contribution in [2.24, 2.45) is 0 Å². The molecule has 0 radical (unpaired) electrons. The van der Waals surface area contributed by atoms with Crippen molar-refractivity contribution < 1.29 is 33.3 Å². The first-order valence-corrected chi connectivity index (χ1v) is 6.56. The molecule has 1 heterocycles. The van der Waals surface area contributed by atoms with Gasteiger partial charge in [-0.2, -0.15) is 0 Å². The van der Waals surface area contributed by atoms with Gasteiger partial charge < -0.3 is 23.7 Å². The smallest absolute Gasteiger partial charge is 0.346 e. The van der Waals surface area contributed by atoms with E-state index >= 15 is 0 Å². The first-order valence-electron chi connectivity index (χ1n) is 6.56. The van der Waals surface area contributed by atoms with Crippen LogP contribution in [0.4, 0.5) is 0 Å². The first kappa shape index (κ1) is 17.5. The van der Waals surface area contributed by atoms with E-state index < -0.39 is 24.1 Å². The minimum Gasteiger partial charge on any atom is -0.389 e. The molecule has 7 heteroatoms. The summed E-state index contributed by atoms with van der Waals surface area (Å²) in [6.45, 7) is 8.63. The Balaban J connectivity index is 2.31. The Morgan fingerprint density at radius 2 is 1.29 bits per heavy atom. The highest BCUT2D eigenvalue weighted by molar-refractivity contribution is 5.99. The molecule has 1 rings (SSSR count). The average molecular weight is 300 g/mol. The van der Waals surface area contributed by atoms with Crippen molar-refractivity contribution in [3.05, 3.63) is 25.3 Å². The van der Waals surface area contributed by atoms with Crippen LogP contribution in [0.2, 0.25) is 0 Å². The highest BCUT2D eigenvalue weighted by atomic mass is 16.7. The maximum Gasteiger partial charge on any atom is 0.346 e. The van der Waals surface area contributed by atoms with Crippen molar-refractivity contribution in [2.75, 3.05) is 39.6 Å². The summed E-state index contributed by atoms with van der Waals surface area (Å²) in [4.78, 5) is 23.0.